The maximum atomic E-state index is 14.8. The number of nitrogens with zero attached hydrogens (tertiary/aromatic N) is 2. The Morgan fingerprint density at radius 2 is 1.73 bits per heavy atom. The lowest BCUT2D eigenvalue weighted by atomic mass is 10.2. The lowest BCUT2D eigenvalue weighted by molar-refractivity contribution is -0.172. The minimum atomic E-state index is -4.98. The lowest BCUT2D eigenvalue weighted by Crippen LogP contribution is -2.41. The van der Waals surface area contributed by atoms with Crippen molar-refractivity contribution in [3.8, 4) is 22.9 Å². The van der Waals surface area contributed by atoms with Gasteiger partial charge in [0.2, 0.25) is 0 Å². The van der Waals surface area contributed by atoms with Crippen LogP contribution in [0.1, 0.15) is 12.6 Å². The molecule has 0 aliphatic carbocycles. The van der Waals surface area contributed by atoms with Crippen LogP contribution >= 0.6 is 15.9 Å². The molecule has 0 aliphatic rings. The molecule has 0 aliphatic heterocycles. The Morgan fingerprint density at radius 3 is 2.32 bits per heavy atom. The number of methoxy groups -OCH3 is 1. The fourth-order valence-electron chi connectivity index (χ4n) is 3.16. The molecule has 9 nitrogen and oxygen atoms in total. The van der Waals surface area contributed by atoms with Crippen molar-refractivity contribution in [3.05, 3.63) is 79.3 Å². The molecule has 198 valence electrons. The summed E-state index contributed by atoms with van der Waals surface area (Å²) in [5.41, 5.74) is -4.97. The molecule has 0 radical (unpaired) electrons. The zero-order chi connectivity index (χ0) is 27.5. The first-order valence-corrected chi connectivity index (χ1v) is 11.2. The van der Waals surface area contributed by atoms with Crippen LogP contribution in [0.3, 0.4) is 0 Å². The van der Waals surface area contributed by atoms with Gasteiger partial charge in [-0.05, 0) is 41.1 Å². The molecule has 2 aromatic carbocycles. The van der Waals surface area contributed by atoms with Crippen molar-refractivity contribution in [1.82, 2.24) is 9.13 Å². The standard InChI is InChI=1S/C23H19BrF4N2O7/c1-4-35-20(32)21(34-3)37-16-8-6-5-7-15(16)36-17-10-14(13(25)9-12(17)24)30-19(31)11-18(23(26,27)28)29(2)22(30)33/h5-11,21H,4H2,1-3H3/t21-/m1/s1. The topological polar surface area (TPSA) is 98.0 Å². The highest BCUT2D eigenvalue weighted by Gasteiger charge is 2.35. The highest BCUT2D eigenvalue weighted by Crippen LogP contribution is 2.37. The van der Waals surface area contributed by atoms with Crippen molar-refractivity contribution < 1.29 is 41.3 Å². The molecule has 3 rings (SSSR count). The number of para-hydroxylation sites is 2. The molecule has 0 bridgehead atoms. The minimum absolute atomic E-state index is 0.0137. The van der Waals surface area contributed by atoms with Gasteiger partial charge >= 0.3 is 17.8 Å². The smallest absolute Gasteiger partial charge is 0.431 e. The van der Waals surface area contributed by atoms with Crippen molar-refractivity contribution >= 4 is 21.9 Å². The lowest BCUT2D eigenvalue weighted by Gasteiger charge is -2.19. The van der Waals surface area contributed by atoms with Gasteiger partial charge in [0.15, 0.2) is 11.5 Å². The molecule has 0 fully saturated rings. The second kappa shape index (κ2) is 11.2. The van der Waals surface area contributed by atoms with Gasteiger partial charge < -0.3 is 18.9 Å². The van der Waals surface area contributed by atoms with E-state index in [-0.39, 0.29) is 43.5 Å². The number of hydrogen-bond donors (Lipinski definition) is 0. The normalized spacial score (nSPS) is 12.2. The number of hydrogen-bond acceptors (Lipinski definition) is 7. The van der Waals surface area contributed by atoms with Gasteiger partial charge in [0.1, 0.15) is 17.3 Å². The number of benzene rings is 2. The average molecular weight is 591 g/mol. The Morgan fingerprint density at radius 1 is 1.08 bits per heavy atom. The summed E-state index contributed by atoms with van der Waals surface area (Å²) >= 11 is 3.11. The number of halogens is 5. The summed E-state index contributed by atoms with van der Waals surface area (Å²) in [6.45, 7) is 1.68. The molecule has 37 heavy (non-hydrogen) atoms. The molecular weight excluding hydrogens is 572 g/mol. The Hall–Kier alpha value is -3.65. The molecule has 0 saturated carbocycles. The van der Waals surface area contributed by atoms with Gasteiger partial charge in [-0.25, -0.2) is 18.5 Å². The Kier molecular flexibility index (Phi) is 8.43. The van der Waals surface area contributed by atoms with Gasteiger partial charge in [-0.15, -0.1) is 0 Å². The summed E-state index contributed by atoms with van der Waals surface area (Å²) in [4.78, 5) is 37.1. The minimum Gasteiger partial charge on any atom is -0.461 e. The third kappa shape index (κ3) is 6.02. The largest absolute Gasteiger partial charge is 0.461 e. The summed E-state index contributed by atoms with van der Waals surface area (Å²) in [5.74, 6) is -2.00. The highest BCUT2D eigenvalue weighted by atomic mass is 79.9. The molecule has 0 spiro atoms. The van der Waals surface area contributed by atoms with Crippen LogP contribution in [0.25, 0.3) is 5.69 Å². The van der Waals surface area contributed by atoms with E-state index in [0.29, 0.717) is 0 Å². The monoisotopic (exact) mass is 590 g/mol. The fraction of sp³-hybridized carbons (Fsp3) is 0.261. The summed E-state index contributed by atoms with van der Waals surface area (Å²) in [6.07, 6.45) is -6.42. The van der Waals surface area contributed by atoms with Crippen LogP contribution in [-0.4, -0.2) is 35.1 Å². The number of carbonyl (C=O) groups excluding carboxylic acids is 1. The van der Waals surface area contributed by atoms with Crippen molar-refractivity contribution in [2.75, 3.05) is 13.7 Å². The van der Waals surface area contributed by atoms with Crippen LogP contribution in [-0.2, 0) is 27.5 Å². The van der Waals surface area contributed by atoms with E-state index >= 15 is 0 Å². The van der Waals surface area contributed by atoms with E-state index in [1.807, 2.05) is 0 Å². The molecule has 0 amide bonds. The molecule has 1 aromatic heterocycles. The number of rotatable bonds is 8. The summed E-state index contributed by atoms with van der Waals surface area (Å²) in [5, 5.41) is 0. The fourth-order valence-corrected chi connectivity index (χ4v) is 3.55. The van der Waals surface area contributed by atoms with Gasteiger partial charge in [0.25, 0.3) is 11.8 Å². The SMILES string of the molecule is CCOC(=O)[C@H](OC)Oc1ccccc1Oc1cc(-n2c(=O)cc(C(F)(F)F)n(C)c2=O)c(F)cc1Br. The molecule has 3 aromatic rings. The zero-order valence-corrected chi connectivity index (χ0v) is 21.1. The number of esters is 1. The van der Waals surface area contributed by atoms with Gasteiger partial charge in [0, 0.05) is 26.3 Å². The third-order valence-corrected chi connectivity index (χ3v) is 5.47. The molecular formula is C23H19BrF4N2O7. The van der Waals surface area contributed by atoms with Crippen molar-refractivity contribution in [2.24, 2.45) is 7.05 Å². The molecule has 14 heteroatoms. The maximum absolute atomic E-state index is 14.8. The van der Waals surface area contributed by atoms with E-state index in [4.69, 9.17) is 18.9 Å². The summed E-state index contributed by atoms with van der Waals surface area (Å²) < 4.78 is 76.0. The van der Waals surface area contributed by atoms with Crippen molar-refractivity contribution in [3.63, 3.8) is 0 Å². The zero-order valence-electron chi connectivity index (χ0n) is 19.5. The first kappa shape index (κ1) is 27.9. The van der Waals surface area contributed by atoms with Crippen molar-refractivity contribution in [2.45, 2.75) is 19.4 Å². The van der Waals surface area contributed by atoms with E-state index in [0.717, 1.165) is 19.2 Å². The summed E-state index contributed by atoms with van der Waals surface area (Å²) in [6, 6.07) is 8.01. The number of carbonyl (C=O) groups is 1. The summed E-state index contributed by atoms with van der Waals surface area (Å²) in [7, 11) is 2.02. The Labute approximate surface area is 214 Å². The van der Waals surface area contributed by atoms with Gasteiger partial charge in [-0.3, -0.25) is 9.36 Å². The van der Waals surface area contributed by atoms with E-state index < -0.39 is 46.9 Å². The van der Waals surface area contributed by atoms with E-state index in [1.165, 1.54) is 19.2 Å². The van der Waals surface area contributed by atoms with Crippen molar-refractivity contribution in [1.29, 1.82) is 0 Å². The highest BCUT2D eigenvalue weighted by molar-refractivity contribution is 9.10. The Balaban J connectivity index is 2.07. The van der Waals surface area contributed by atoms with Crippen LogP contribution in [0, 0.1) is 5.82 Å². The predicted octanol–water partition coefficient (Wildman–Crippen LogP) is 4.16. The third-order valence-electron chi connectivity index (χ3n) is 4.85. The second-order valence-corrected chi connectivity index (χ2v) is 8.12. The first-order valence-electron chi connectivity index (χ1n) is 10.4. The molecule has 0 N–H and O–H groups in total. The second-order valence-electron chi connectivity index (χ2n) is 7.26. The molecule has 0 unspecified atom stereocenters. The van der Waals surface area contributed by atoms with E-state index in [1.54, 1.807) is 19.1 Å². The van der Waals surface area contributed by atoms with E-state index in [9.17, 15) is 31.9 Å². The van der Waals surface area contributed by atoms with Gasteiger partial charge in [0.05, 0.1) is 16.8 Å². The molecule has 1 atom stereocenters. The molecule has 0 saturated heterocycles. The van der Waals surface area contributed by atoms with Crippen LogP contribution in [0.15, 0.2) is 56.5 Å². The van der Waals surface area contributed by atoms with Crippen LogP contribution in [0.5, 0.6) is 17.2 Å². The maximum Gasteiger partial charge on any atom is 0.431 e. The van der Waals surface area contributed by atoms with Gasteiger partial charge in [-0.2, -0.15) is 13.2 Å². The van der Waals surface area contributed by atoms with Crippen LogP contribution in [0.4, 0.5) is 17.6 Å². The van der Waals surface area contributed by atoms with E-state index in [2.05, 4.69) is 15.9 Å². The van der Waals surface area contributed by atoms with Crippen LogP contribution in [0.2, 0.25) is 0 Å². The Bertz CT molecular complexity index is 1440. The van der Waals surface area contributed by atoms with Gasteiger partial charge in [-0.1, -0.05) is 12.1 Å². The predicted molar refractivity (Wildman–Crippen MR) is 125 cm³/mol. The first-order chi connectivity index (χ1) is 17.4. The average Bonchev–Trinajstić information content (AvgIpc) is 2.82. The molecule has 1 heterocycles. The number of aromatic nitrogens is 2. The van der Waals surface area contributed by atoms with Crippen LogP contribution < -0.4 is 20.7 Å². The number of alkyl halides is 3. The number of ether oxygens (including phenoxy) is 4. The quantitative estimate of drug-likeness (QED) is 0.221.